The van der Waals surface area contributed by atoms with Gasteiger partial charge in [0.2, 0.25) is 0 Å². The summed E-state index contributed by atoms with van der Waals surface area (Å²) >= 11 is 0. The van der Waals surface area contributed by atoms with Gasteiger partial charge in [0.25, 0.3) is 0 Å². The molecule has 0 fully saturated rings. The summed E-state index contributed by atoms with van der Waals surface area (Å²) in [5.74, 6) is 0.865. The topological polar surface area (TPSA) is 67.6 Å². The fraction of sp³-hybridized carbons (Fsp3) is 0.429. The molecule has 96 valence electrons. The van der Waals surface area contributed by atoms with E-state index in [2.05, 4.69) is 15.0 Å². The van der Waals surface area contributed by atoms with E-state index in [1.165, 1.54) is 0 Å². The molecule has 3 N–H and O–H groups in total. The lowest BCUT2D eigenvalue weighted by Gasteiger charge is -2.17. The Morgan fingerprint density at radius 3 is 2.72 bits per heavy atom. The summed E-state index contributed by atoms with van der Waals surface area (Å²) in [6.45, 7) is 6.04. The molecule has 0 saturated heterocycles. The van der Waals surface area contributed by atoms with E-state index in [-0.39, 0.29) is 5.54 Å². The van der Waals surface area contributed by atoms with Gasteiger partial charge in [0.15, 0.2) is 0 Å². The molecule has 4 nitrogen and oxygen atoms in total. The zero-order chi connectivity index (χ0) is 13.2. The quantitative estimate of drug-likeness (QED) is 0.868. The van der Waals surface area contributed by atoms with Crippen molar-refractivity contribution >= 4 is 0 Å². The van der Waals surface area contributed by atoms with Crippen LogP contribution in [0, 0.1) is 6.92 Å². The number of nitrogens with two attached hydrogens (primary N) is 1. The minimum atomic E-state index is -0.179. The fourth-order valence-corrected chi connectivity index (χ4v) is 1.81. The van der Waals surface area contributed by atoms with Crippen molar-refractivity contribution in [1.29, 1.82) is 0 Å². The van der Waals surface area contributed by atoms with Gasteiger partial charge in [0, 0.05) is 35.6 Å². The van der Waals surface area contributed by atoms with E-state index in [0.29, 0.717) is 0 Å². The Morgan fingerprint density at radius 1 is 1.33 bits per heavy atom. The van der Waals surface area contributed by atoms with Gasteiger partial charge in [-0.05, 0) is 39.3 Å². The minimum absolute atomic E-state index is 0.179. The molecular formula is C14H20N4. The number of aromatic amines is 1. The zero-order valence-corrected chi connectivity index (χ0v) is 11.2. The Kier molecular flexibility index (Phi) is 3.48. The van der Waals surface area contributed by atoms with Crippen LogP contribution >= 0.6 is 0 Å². The Labute approximate surface area is 108 Å². The van der Waals surface area contributed by atoms with Gasteiger partial charge in [-0.15, -0.1) is 0 Å². The summed E-state index contributed by atoms with van der Waals surface area (Å²) < 4.78 is 0. The molecule has 0 aliphatic carbocycles. The first-order valence-corrected chi connectivity index (χ1v) is 6.21. The monoisotopic (exact) mass is 244 g/mol. The van der Waals surface area contributed by atoms with E-state index >= 15 is 0 Å². The Hall–Kier alpha value is -1.68. The summed E-state index contributed by atoms with van der Waals surface area (Å²) in [5, 5.41) is 0. The molecule has 0 atom stereocenters. The third kappa shape index (κ3) is 3.40. The molecule has 0 aliphatic heterocycles. The first kappa shape index (κ1) is 12.8. The van der Waals surface area contributed by atoms with Crippen molar-refractivity contribution in [2.45, 2.75) is 39.2 Å². The molecule has 0 aromatic carbocycles. The summed E-state index contributed by atoms with van der Waals surface area (Å²) in [7, 11) is 0. The smallest absolute Gasteiger partial charge is 0.129 e. The predicted octanol–water partition coefficient (Wildman–Crippen LogP) is 2.45. The van der Waals surface area contributed by atoms with Gasteiger partial charge in [-0.3, -0.25) is 0 Å². The third-order valence-corrected chi connectivity index (χ3v) is 2.79. The minimum Gasteiger partial charge on any atom is -0.367 e. The van der Waals surface area contributed by atoms with E-state index in [9.17, 15) is 0 Å². The Bertz CT molecular complexity index is 509. The van der Waals surface area contributed by atoms with Crippen LogP contribution in [0.1, 0.15) is 31.8 Å². The van der Waals surface area contributed by atoms with Crippen LogP contribution in [0.3, 0.4) is 0 Å². The van der Waals surface area contributed by atoms with Crippen LogP contribution in [0.15, 0.2) is 24.5 Å². The molecule has 0 bridgehead atoms. The third-order valence-electron chi connectivity index (χ3n) is 2.79. The second kappa shape index (κ2) is 4.90. The van der Waals surface area contributed by atoms with E-state index in [1.807, 2.05) is 45.3 Å². The molecule has 2 aromatic heterocycles. The molecule has 2 aromatic rings. The molecule has 4 heteroatoms. The maximum absolute atomic E-state index is 5.99. The van der Waals surface area contributed by atoms with Crippen LogP contribution in [0.2, 0.25) is 0 Å². The van der Waals surface area contributed by atoms with Gasteiger partial charge < -0.3 is 10.7 Å². The van der Waals surface area contributed by atoms with E-state index in [0.717, 1.165) is 35.6 Å². The van der Waals surface area contributed by atoms with E-state index in [4.69, 9.17) is 5.73 Å². The van der Waals surface area contributed by atoms with Gasteiger partial charge in [0.1, 0.15) is 5.82 Å². The van der Waals surface area contributed by atoms with E-state index in [1.54, 1.807) is 0 Å². The lowest BCUT2D eigenvalue weighted by molar-refractivity contribution is 0.470. The molecule has 0 amide bonds. The lowest BCUT2D eigenvalue weighted by Crippen LogP contribution is -2.32. The average Bonchev–Trinajstić information content (AvgIpc) is 2.78. The molecule has 2 heterocycles. The van der Waals surface area contributed by atoms with Gasteiger partial charge >= 0.3 is 0 Å². The van der Waals surface area contributed by atoms with Crippen LogP contribution in [-0.4, -0.2) is 20.5 Å². The largest absolute Gasteiger partial charge is 0.367 e. The first-order chi connectivity index (χ1) is 8.44. The normalized spacial score (nSPS) is 11.8. The second-order valence-electron chi connectivity index (χ2n) is 5.40. The number of rotatable bonds is 4. The number of nitrogens with one attached hydrogen (secondary N) is 1. The second-order valence-corrected chi connectivity index (χ2v) is 5.40. The highest BCUT2D eigenvalue weighted by Crippen LogP contribution is 2.18. The zero-order valence-electron chi connectivity index (χ0n) is 11.2. The standard InChI is InChI=1S/C14H20N4/c1-10-8-12(11-5-7-16-9-11)18-13(17-10)4-6-14(2,3)15/h5,7-9,16H,4,6,15H2,1-3H3. The highest BCUT2D eigenvalue weighted by molar-refractivity contribution is 5.58. The van der Waals surface area contributed by atoms with Crippen LogP contribution < -0.4 is 5.73 Å². The summed E-state index contributed by atoms with van der Waals surface area (Å²) in [5.41, 5.74) is 8.86. The van der Waals surface area contributed by atoms with Gasteiger partial charge in [-0.1, -0.05) is 0 Å². The van der Waals surface area contributed by atoms with Crippen molar-refractivity contribution < 1.29 is 0 Å². The van der Waals surface area contributed by atoms with Crippen molar-refractivity contribution in [2.75, 3.05) is 0 Å². The number of nitrogens with zero attached hydrogens (tertiary/aromatic N) is 2. The fourth-order valence-electron chi connectivity index (χ4n) is 1.81. The van der Waals surface area contributed by atoms with Gasteiger partial charge in [-0.25, -0.2) is 9.97 Å². The van der Waals surface area contributed by atoms with Crippen LogP contribution in [0.5, 0.6) is 0 Å². The SMILES string of the molecule is Cc1cc(-c2cc[nH]c2)nc(CCC(C)(C)N)n1. The Balaban J connectivity index is 2.22. The molecule has 0 unspecified atom stereocenters. The summed E-state index contributed by atoms with van der Waals surface area (Å²) in [6.07, 6.45) is 5.53. The summed E-state index contributed by atoms with van der Waals surface area (Å²) in [6, 6.07) is 4.01. The molecule has 0 saturated carbocycles. The van der Waals surface area contributed by atoms with Gasteiger partial charge in [0.05, 0.1) is 5.69 Å². The first-order valence-electron chi connectivity index (χ1n) is 6.21. The van der Waals surface area contributed by atoms with Gasteiger partial charge in [-0.2, -0.15) is 0 Å². The molecule has 0 spiro atoms. The lowest BCUT2D eigenvalue weighted by atomic mass is 10.00. The maximum atomic E-state index is 5.99. The number of hydrogen-bond donors (Lipinski definition) is 2. The van der Waals surface area contributed by atoms with Crippen molar-refractivity contribution in [3.63, 3.8) is 0 Å². The molecule has 0 radical (unpaired) electrons. The number of hydrogen-bond acceptors (Lipinski definition) is 3. The average molecular weight is 244 g/mol. The molecular weight excluding hydrogens is 224 g/mol. The number of aromatic nitrogens is 3. The Morgan fingerprint density at radius 2 is 2.11 bits per heavy atom. The van der Waals surface area contributed by atoms with Crippen molar-refractivity contribution in [2.24, 2.45) is 5.73 Å². The highest BCUT2D eigenvalue weighted by atomic mass is 14.9. The van der Waals surface area contributed by atoms with Crippen LogP contribution in [0.4, 0.5) is 0 Å². The highest BCUT2D eigenvalue weighted by Gasteiger charge is 2.12. The summed E-state index contributed by atoms with van der Waals surface area (Å²) in [4.78, 5) is 12.1. The maximum Gasteiger partial charge on any atom is 0.129 e. The van der Waals surface area contributed by atoms with Crippen molar-refractivity contribution in [1.82, 2.24) is 15.0 Å². The number of H-pyrrole nitrogens is 1. The number of aryl methyl sites for hydroxylation is 2. The van der Waals surface area contributed by atoms with Crippen molar-refractivity contribution in [3.8, 4) is 11.3 Å². The van der Waals surface area contributed by atoms with E-state index < -0.39 is 0 Å². The molecule has 2 rings (SSSR count). The predicted molar refractivity (Wildman–Crippen MR) is 73.1 cm³/mol. The van der Waals surface area contributed by atoms with Crippen LogP contribution in [-0.2, 0) is 6.42 Å². The van der Waals surface area contributed by atoms with Crippen molar-refractivity contribution in [3.05, 3.63) is 36.0 Å². The molecule has 0 aliphatic rings. The molecule has 18 heavy (non-hydrogen) atoms. The van der Waals surface area contributed by atoms with Crippen LogP contribution in [0.25, 0.3) is 11.3 Å².